The molecule has 4 aliphatic carbocycles. The molecule has 0 N–H and O–H groups in total. The van der Waals surface area contributed by atoms with Crippen molar-refractivity contribution >= 4 is 14.0 Å². The second kappa shape index (κ2) is 7.02. The van der Waals surface area contributed by atoms with E-state index in [0.29, 0.717) is 5.92 Å². The minimum Gasteiger partial charge on any atom is -0.401 e. The van der Waals surface area contributed by atoms with E-state index in [1.807, 2.05) is 0 Å². The van der Waals surface area contributed by atoms with Gasteiger partial charge in [-0.1, -0.05) is 23.6 Å². The van der Waals surface area contributed by atoms with Crippen LogP contribution >= 0.6 is 0 Å². The van der Waals surface area contributed by atoms with Crippen molar-refractivity contribution in [3.63, 3.8) is 0 Å². The SMILES string of the molecule is C#C[C@]1(O[Si](C)(C)C)CC[C@H]2[C@@H]3CCC4=C/C(=N/OC)CC[C@@H]4[C@H]3CC[C@@]21C. The minimum atomic E-state index is -1.70. The summed E-state index contributed by atoms with van der Waals surface area (Å²) in [5.41, 5.74) is 2.56. The first kappa shape index (κ1) is 20.2. The van der Waals surface area contributed by atoms with E-state index >= 15 is 0 Å². The summed E-state index contributed by atoms with van der Waals surface area (Å²) in [6.07, 6.45) is 18.2. The number of rotatable bonds is 3. The van der Waals surface area contributed by atoms with Crippen molar-refractivity contribution in [2.24, 2.45) is 34.2 Å². The quantitative estimate of drug-likeness (QED) is 0.342. The van der Waals surface area contributed by atoms with Crippen molar-refractivity contribution in [2.75, 3.05) is 7.11 Å². The number of allylic oxidation sites excluding steroid dienone is 2. The lowest BCUT2D eigenvalue weighted by Gasteiger charge is -2.56. The molecule has 28 heavy (non-hydrogen) atoms. The van der Waals surface area contributed by atoms with Gasteiger partial charge in [0.2, 0.25) is 0 Å². The van der Waals surface area contributed by atoms with Gasteiger partial charge >= 0.3 is 0 Å². The number of hydrogen-bond donors (Lipinski definition) is 0. The Bertz CT molecular complexity index is 730. The monoisotopic (exact) mass is 399 g/mol. The number of hydrogen-bond acceptors (Lipinski definition) is 3. The molecular formula is C24H37NO2Si. The largest absolute Gasteiger partial charge is 0.401 e. The Morgan fingerprint density at radius 1 is 1.11 bits per heavy atom. The second-order valence-electron chi connectivity index (χ2n) is 10.8. The van der Waals surface area contributed by atoms with Gasteiger partial charge < -0.3 is 9.26 Å². The fourth-order valence-electron chi connectivity index (χ4n) is 7.34. The van der Waals surface area contributed by atoms with E-state index in [9.17, 15) is 0 Å². The van der Waals surface area contributed by atoms with Crippen LogP contribution < -0.4 is 0 Å². The van der Waals surface area contributed by atoms with Gasteiger partial charge in [-0.15, -0.1) is 6.42 Å². The maximum Gasteiger partial charge on any atom is 0.185 e. The van der Waals surface area contributed by atoms with Crippen LogP contribution in [0, 0.1) is 41.4 Å². The standard InChI is InChI=1S/C24H37NO2Si/c1-7-24(27-28(4,5)6)15-13-22-21-10-8-17-16-18(25-26-3)9-11-19(17)20(21)12-14-23(22,24)2/h1,16,19-22H,8-15H2,2-6H3/b25-18+/t19-,20+,21+,22-,23-,24-/m0/s1. The first-order chi connectivity index (χ1) is 13.2. The lowest BCUT2D eigenvalue weighted by Crippen LogP contribution is -2.56. The van der Waals surface area contributed by atoms with Gasteiger partial charge in [-0.3, -0.25) is 0 Å². The summed E-state index contributed by atoms with van der Waals surface area (Å²) in [6.45, 7) is 9.32. The second-order valence-corrected chi connectivity index (χ2v) is 15.2. The summed E-state index contributed by atoms with van der Waals surface area (Å²) in [7, 11) is -0.0531. The van der Waals surface area contributed by atoms with E-state index in [1.54, 1.807) is 12.7 Å². The fourth-order valence-corrected chi connectivity index (χ4v) is 8.78. The molecule has 4 aliphatic rings. The average molecular weight is 400 g/mol. The smallest absolute Gasteiger partial charge is 0.185 e. The molecule has 154 valence electrons. The molecule has 3 fully saturated rings. The number of fused-ring (bicyclic) bond motifs is 5. The Morgan fingerprint density at radius 2 is 1.89 bits per heavy atom. The number of nitrogens with zero attached hydrogens (tertiary/aromatic N) is 1. The average Bonchev–Trinajstić information content (AvgIpc) is 2.93. The Labute approximate surface area is 172 Å². The Hall–Kier alpha value is -1.05. The summed E-state index contributed by atoms with van der Waals surface area (Å²) in [6, 6.07) is 0. The van der Waals surface area contributed by atoms with Gasteiger partial charge in [-0.2, -0.15) is 0 Å². The van der Waals surface area contributed by atoms with Crippen molar-refractivity contribution in [2.45, 2.75) is 83.5 Å². The molecule has 0 aromatic rings. The lowest BCUT2D eigenvalue weighted by molar-refractivity contribution is -0.0765. The van der Waals surface area contributed by atoms with Crippen LogP contribution in [0.1, 0.15) is 58.3 Å². The lowest BCUT2D eigenvalue weighted by atomic mass is 9.50. The van der Waals surface area contributed by atoms with Crippen molar-refractivity contribution in [1.29, 1.82) is 0 Å². The highest BCUT2D eigenvalue weighted by Crippen LogP contribution is 2.66. The van der Waals surface area contributed by atoms with Gasteiger partial charge in [0.05, 0.1) is 5.71 Å². The zero-order valence-corrected chi connectivity index (χ0v) is 19.4. The maximum atomic E-state index is 6.80. The Kier molecular flexibility index (Phi) is 5.07. The molecule has 0 aromatic heterocycles. The van der Waals surface area contributed by atoms with Crippen molar-refractivity contribution in [3.8, 4) is 12.3 Å². The van der Waals surface area contributed by atoms with Crippen LogP contribution in [0.15, 0.2) is 16.8 Å². The molecular weight excluding hydrogens is 362 g/mol. The normalized spacial score (nSPS) is 44.1. The highest BCUT2D eigenvalue weighted by atomic mass is 28.4. The van der Waals surface area contributed by atoms with Crippen molar-refractivity contribution in [1.82, 2.24) is 0 Å². The molecule has 0 aliphatic heterocycles. The van der Waals surface area contributed by atoms with Crippen LogP contribution in [-0.4, -0.2) is 26.7 Å². The molecule has 0 saturated heterocycles. The first-order valence-corrected chi connectivity index (χ1v) is 14.6. The van der Waals surface area contributed by atoms with Gasteiger partial charge in [0.15, 0.2) is 8.32 Å². The predicted molar refractivity (Wildman–Crippen MR) is 118 cm³/mol. The maximum absolute atomic E-state index is 6.80. The van der Waals surface area contributed by atoms with Crippen LogP contribution in [0.25, 0.3) is 0 Å². The van der Waals surface area contributed by atoms with Crippen LogP contribution in [0.3, 0.4) is 0 Å². The molecule has 0 spiro atoms. The molecule has 4 heteroatoms. The van der Waals surface area contributed by atoms with E-state index in [-0.39, 0.29) is 11.0 Å². The number of terminal acetylenes is 1. The van der Waals surface area contributed by atoms with Crippen LogP contribution in [0.4, 0.5) is 0 Å². The van der Waals surface area contributed by atoms with Gasteiger partial charge in [0.1, 0.15) is 12.7 Å². The molecule has 3 saturated carbocycles. The third-order valence-corrected chi connectivity index (χ3v) is 9.32. The third-order valence-electron chi connectivity index (χ3n) is 8.36. The van der Waals surface area contributed by atoms with Crippen molar-refractivity contribution < 1.29 is 9.26 Å². The van der Waals surface area contributed by atoms with E-state index in [0.717, 1.165) is 36.3 Å². The molecule has 0 radical (unpaired) electrons. The molecule has 4 rings (SSSR count). The summed E-state index contributed by atoms with van der Waals surface area (Å²) < 4.78 is 6.80. The summed E-state index contributed by atoms with van der Waals surface area (Å²) >= 11 is 0. The Balaban J connectivity index is 1.60. The van der Waals surface area contributed by atoms with Crippen LogP contribution in [-0.2, 0) is 9.26 Å². The fraction of sp³-hybridized carbons (Fsp3) is 0.792. The van der Waals surface area contributed by atoms with E-state index < -0.39 is 8.32 Å². The van der Waals surface area contributed by atoms with E-state index in [4.69, 9.17) is 15.7 Å². The highest BCUT2D eigenvalue weighted by Gasteiger charge is 2.63. The third kappa shape index (κ3) is 3.10. The number of oxime groups is 1. The molecule has 0 bridgehead atoms. The van der Waals surface area contributed by atoms with Gasteiger partial charge in [0.25, 0.3) is 0 Å². The summed E-state index contributed by atoms with van der Waals surface area (Å²) in [5, 5.41) is 4.21. The van der Waals surface area contributed by atoms with E-state index in [1.165, 1.54) is 38.5 Å². The first-order valence-electron chi connectivity index (χ1n) is 11.2. The minimum absolute atomic E-state index is 0.141. The molecule has 0 heterocycles. The molecule has 0 unspecified atom stereocenters. The topological polar surface area (TPSA) is 30.8 Å². The summed E-state index contributed by atoms with van der Waals surface area (Å²) in [5.74, 6) is 6.31. The highest BCUT2D eigenvalue weighted by molar-refractivity contribution is 6.69. The van der Waals surface area contributed by atoms with Gasteiger partial charge in [0, 0.05) is 5.41 Å². The predicted octanol–water partition coefficient (Wildman–Crippen LogP) is 5.79. The van der Waals surface area contributed by atoms with Crippen molar-refractivity contribution in [3.05, 3.63) is 11.6 Å². The zero-order valence-electron chi connectivity index (χ0n) is 18.4. The van der Waals surface area contributed by atoms with Crippen LogP contribution in [0.5, 0.6) is 0 Å². The Morgan fingerprint density at radius 3 is 2.57 bits per heavy atom. The van der Waals surface area contributed by atoms with Crippen LogP contribution in [0.2, 0.25) is 19.6 Å². The molecule has 3 nitrogen and oxygen atoms in total. The zero-order chi connectivity index (χ0) is 20.2. The van der Waals surface area contributed by atoms with E-state index in [2.05, 4.69) is 43.7 Å². The van der Waals surface area contributed by atoms with Gasteiger partial charge in [-0.25, -0.2) is 0 Å². The molecule has 0 aromatic carbocycles. The van der Waals surface area contributed by atoms with Gasteiger partial charge in [-0.05, 0) is 101 Å². The molecule has 0 amide bonds. The summed E-state index contributed by atoms with van der Waals surface area (Å²) in [4.78, 5) is 5.03. The molecule has 6 atom stereocenters.